The van der Waals surface area contributed by atoms with E-state index < -0.39 is 5.60 Å². The van der Waals surface area contributed by atoms with Gasteiger partial charge in [-0.15, -0.1) is 0 Å². The molecule has 16 heavy (non-hydrogen) atoms. The molecule has 0 aliphatic carbocycles. The fourth-order valence-electron chi connectivity index (χ4n) is 1.66. The van der Waals surface area contributed by atoms with Crippen molar-refractivity contribution >= 4 is 17.1 Å². The van der Waals surface area contributed by atoms with Gasteiger partial charge in [0.05, 0.1) is 0 Å². The Kier molecular flexibility index (Phi) is 5.16. The van der Waals surface area contributed by atoms with Gasteiger partial charge in [-0.1, -0.05) is 6.92 Å². The minimum atomic E-state index is -0.592. The number of hydrogen-bond acceptors (Lipinski definition) is 3. The fraction of sp³-hybridized carbons (Fsp3) is 0.615. The van der Waals surface area contributed by atoms with Crippen LogP contribution in [0.1, 0.15) is 39.2 Å². The molecule has 0 saturated heterocycles. The second-order valence-corrected chi connectivity index (χ2v) is 4.85. The summed E-state index contributed by atoms with van der Waals surface area (Å²) in [6.45, 7) is 6.42. The second kappa shape index (κ2) is 6.16. The topological polar surface area (TPSA) is 26.3 Å². The van der Waals surface area contributed by atoms with Gasteiger partial charge in [0.1, 0.15) is 5.60 Å². The average molecular weight is 240 g/mol. The quantitative estimate of drug-likeness (QED) is 0.729. The van der Waals surface area contributed by atoms with Crippen LogP contribution >= 0.6 is 11.3 Å². The Labute approximate surface area is 102 Å². The van der Waals surface area contributed by atoms with E-state index in [-0.39, 0.29) is 5.78 Å². The van der Waals surface area contributed by atoms with Crippen molar-refractivity contribution < 1.29 is 9.53 Å². The molecule has 0 aliphatic heterocycles. The molecule has 0 N–H and O–H groups in total. The minimum Gasteiger partial charge on any atom is -0.368 e. The lowest BCUT2D eigenvalue weighted by molar-refractivity contribution is -0.142. The van der Waals surface area contributed by atoms with E-state index in [0.717, 1.165) is 12.8 Å². The molecule has 0 radical (unpaired) electrons. The van der Waals surface area contributed by atoms with Gasteiger partial charge in [-0.25, -0.2) is 0 Å². The van der Waals surface area contributed by atoms with Crippen molar-refractivity contribution in [3.63, 3.8) is 0 Å². The summed E-state index contributed by atoms with van der Waals surface area (Å²) in [6, 6.07) is 2.07. The lowest BCUT2D eigenvalue weighted by Gasteiger charge is -2.26. The molecule has 1 rings (SSSR count). The van der Waals surface area contributed by atoms with Crippen LogP contribution in [0.2, 0.25) is 0 Å². The van der Waals surface area contributed by atoms with Crippen LogP contribution in [0.25, 0.3) is 0 Å². The van der Waals surface area contributed by atoms with Crippen LogP contribution in [-0.2, 0) is 16.0 Å². The zero-order valence-electron chi connectivity index (χ0n) is 10.3. The van der Waals surface area contributed by atoms with E-state index in [0.29, 0.717) is 13.0 Å². The van der Waals surface area contributed by atoms with Crippen LogP contribution in [0.4, 0.5) is 0 Å². The van der Waals surface area contributed by atoms with Crippen molar-refractivity contribution in [1.29, 1.82) is 0 Å². The van der Waals surface area contributed by atoms with Crippen LogP contribution < -0.4 is 0 Å². The summed E-state index contributed by atoms with van der Waals surface area (Å²) in [5.74, 6) is 0.211. The first-order valence-corrected chi connectivity index (χ1v) is 6.75. The SMILES string of the molecule is CCOC(C)(CC)C(=O)CCc1ccsc1. The molecule has 1 heterocycles. The van der Waals surface area contributed by atoms with Crippen LogP contribution in [0, 0.1) is 0 Å². The van der Waals surface area contributed by atoms with Gasteiger partial charge in [0, 0.05) is 13.0 Å². The molecule has 0 spiro atoms. The van der Waals surface area contributed by atoms with E-state index in [1.54, 1.807) is 11.3 Å². The van der Waals surface area contributed by atoms with Crippen LogP contribution in [0.3, 0.4) is 0 Å². The van der Waals surface area contributed by atoms with E-state index in [1.165, 1.54) is 5.56 Å². The summed E-state index contributed by atoms with van der Waals surface area (Å²) in [5.41, 5.74) is 0.651. The molecular formula is C13H20O2S. The summed E-state index contributed by atoms with van der Waals surface area (Å²) in [6.07, 6.45) is 2.13. The number of carbonyl (C=O) groups excluding carboxylic acids is 1. The van der Waals surface area contributed by atoms with Gasteiger partial charge < -0.3 is 4.74 Å². The van der Waals surface area contributed by atoms with Crippen LogP contribution in [0.5, 0.6) is 0 Å². The van der Waals surface area contributed by atoms with Crippen molar-refractivity contribution in [2.75, 3.05) is 6.61 Å². The Morgan fingerprint density at radius 3 is 2.75 bits per heavy atom. The maximum absolute atomic E-state index is 12.1. The molecule has 1 aromatic heterocycles. The van der Waals surface area contributed by atoms with E-state index >= 15 is 0 Å². The number of thiophene rings is 1. The average Bonchev–Trinajstić information content (AvgIpc) is 2.78. The van der Waals surface area contributed by atoms with Crippen molar-refractivity contribution in [2.24, 2.45) is 0 Å². The summed E-state index contributed by atoms with van der Waals surface area (Å²) < 4.78 is 5.56. The lowest BCUT2D eigenvalue weighted by atomic mass is 9.93. The predicted molar refractivity (Wildman–Crippen MR) is 68.0 cm³/mol. The molecule has 0 bridgehead atoms. The largest absolute Gasteiger partial charge is 0.368 e. The molecule has 0 aliphatic rings. The van der Waals surface area contributed by atoms with Gasteiger partial charge in [-0.05, 0) is 49.1 Å². The number of aryl methyl sites for hydroxylation is 1. The van der Waals surface area contributed by atoms with Crippen LogP contribution in [0.15, 0.2) is 16.8 Å². The van der Waals surface area contributed by atoms with Gasteiger partial charge in [0.2, 0.25) is 0 Å². The molecule has 0 aromatic carbocycles. The predicted octanol–water partition coefficient (Wildman–Crippen LogP) is 3.46. The number of rotatable bonds is 7. The molecule has 0 fully saturated rings. The molecular weight excluding hydrogens is 220 g/mol. The molecule has 0 amide bonds. The number of ether oxygens (including phenoxy) is 1. The number of Topliss-reactive ketones (excluding diaryl/α,β-unsaturated/α-hetero) is 1. The normalized spacial score (nSPS) is 14.7. The molecule has 1 aromatic rings. The van der Waals surface area contributed by atoms with E-state index in [4.69, 9.17) is 4.74 Å². The van der Waals surface area contributed by atoms with Gasteiger partial charge >= 0.3 is 0 Å². The van der Waals surface area contributed by atoms with Crippen LogP contribution in [-0.4, -0.2) is 18.0 Å². The smallest absolute Gasteiger partial charge is 0.164 e. The molecule has 3 heteroatoms. The maximum atomic E-state index is 12.1. The van der Waals surface area contributed by atoms with Crippen molar-refractivity contribution in [1.82, 2.24) is 0 Å². The minimum absolute atomic E-state index is 0.211. The van der Waals surface area contributed by atoms with E-state index in [9.17, 15) is 4.79 Å². The highest BCUT2D eigenvalue weighted by Gasteiger charge is 2.30. The first-order chi connectivity index (χ1) is 7.62. The third kappa shape index (κ3) is 3.42. The zero-order chi connectivity index (χ0) is 12.0. The summed E-state index contributed by atoms with van der Waals surface area (Å²) >= 11 is 1.67. The molecule has 2 nitrogen and oxygen atoms in total. The Hall–Kier alpha value is -0.670. The van der Waals surface area contributed by atoms with Crippen molar-refractivity contribution in [3.05, 3.63) is 22.4 Å². The molecule has 0 saturated carbocycles. The third-order valence-corrected chi connectivity index (χ3v) is 3.68. The Balaban J connectivity index is 2.50. The van der Waals surface area contributed by atoms with Gasteiger partial charge in [-0.3, -0.25) is 4.79 Å². The van der Waals surface area contributed by atoms with Crippen molar-refractivity contribution in [3.8, 4) is 0 Å². The Morgan fingerprint density at radius 2 is 2.25 bits per heavy atom. The second-order valence-electron chi connectivity index (χ2n) is 4.07. The third-order valence-electron chi connectivity index (χ3n) is 2.95. The molecule has 1 atom stereocenters. The van der Waals surface area contributed by atoms with E-state index in [1.807, 2.05) is 26.2 Å². The summed E-state index contributed by atoms with van der Waals surface area (Å²) in [4.78, 5) is 12.1. The number of carbonyl (C=O) groups is 1. The first kappa shape index (κ1) is 13.4. The fourth-order valence-corrected chi connectivity index (χ4v) is 2.36. The highest BCUT2D eigenvalue weighted by Crippen LogP contribution is 2.20. The van der Waals surface area contributed by atoms with E-state index in [2.05, 4.69) is 11.4 Å². The summed E-state index contributed by atoms with van der Waals surface area (Å²) in [7, 11) is 0. The molecule has 1 unspecified atom stereocenters. The standard InChI is InChI=1S/C13H20O2S/c1-4-13(3,15-5-2)12(14)7-6-11-8-9-16-10-11/h8-10H,4-7H2,1-3H3. The maximum Gasteiger partial charge on any atom is 0.164 e. The number of hydrogen-bond donors (Lipinski definition) is 0. The summed E-state index contributed by atoms with van der Waals surface area (Å²) in [5, 5.41) is 4.14. The highest BCUT2D eigenvalue weighted by molar-refractivity contribution is 7.07. The molecule has 90 valence electrons. The van der Waals surface area contributed by atoms with Crippen molar-refractivity contribution in [2.45, 2.75) is 45.6 Å². The zero-order valence-corrected chi connectivity index (χ0v) is 11.1. The van der Waals surface area contributed by atoms with Gasteiger partial charge in [-0.2, -0.15) is 11.3 Å². The Morgan fingerprint density at radius 1 is 1.50 bits per heavy atom. The number of ketones is 1. The van der Waals surface area contributed by atoms with Gasteiger partial charge in [0.15, 0.2) is 5.78 Å². The Bertz CT molecular complexity index is 319. The van der Waals surface area contributed by atoms with Gasteiger partial charge in [0.25, 0.3) is 0 Å². The first-order valence-electron chi connectivity index (χ1n) is 5.80. The highest BCUT2D eigenvalue weighted by atomic mass is 32.1. The monoisotopic (exact) mass is 240 g/mol. The lowest BCUT2D eigenvalue weighted by Crippen LogP contribution is -2.38.